The normalized spacial score (nSPS) is 10.2. The molecule has 1 aromatic carbocycles. The van der Waals surface area contributed by atoms with Crippen molar-refractivity contribution in [3.63, 3.8) is 0 Å². The summed E-state index contributed by atoms with van der Waals surface area (Å²) in [6.45, 7) is 0. The van der Waals surface area contributed by atoms with Crippen LogP contribution < -0.4 is 15.7 Å². The molecule has 0 saturated carbocycles. The standard InChI is InChI=1S/C12H12N2O3/c1-13-11(15)10-7-8-5-3-4-6-9(8)12(16)14(10)17-2/h3-7H,1-2H3,(H,13,15). The zero-order valence-electron chi connectivity index (χ0n) is 9.56. The minimum Gasteiger partial charge on any atom is -0.413 e. The first-order chi connectivity index (χ1) is 8.19. The number of pyridine rings is 1. The number of hydrogen-bond acceptors (Lipinski definition) is 3. The van der Waals surface area contributed by atoms with Gasteiger partial charge in [-0.1, -0.05) is 18.2 Å². The number of amides is 1. The van der Waals surface area contributed by atoms with E-state index in [0.717, 1.165) is 4.73 Å². The third-order valence-electron chi connectivity index (χ3n) is 2.53. The zero-order chi connectivity index (χ0) is 12.4. The third kappa shape index (κ3) is 1.75. The molecule has 88 valence electrons. The molecule has 0 saturated heterocycles. The number of hydrogen-bond donors (Lipinski definition) is 1. The number of benzene rings is 1. The van der Waals surface area contributed by atoms with Gasteiger partial charge in [0.15, 0.2) is 0 Å². The van der Waals surface area contributed by atoms with Gasteiger partial charge in [-0.2, -0.15) is 0 Å². The van der Waals surface area contributed by atoms with Crippen LogP contribution >= 0.6 is 0 Å². The lowest BCUT2D eigenvalue weighted by Crippen LogP contribution is -2.33. The van der Waals surface area contributed by atoms with Gasteiger partial charge in [0.1, 0.15) is 12.8 Å². The highest BCUT2D eigenvalue weighted by Gasteiger charge is 2.14. The van der Waals surface area contributed by atoms with E-state index in [4.69, 9.17) is 4.84 Å². The molecule has 5 nitrogen and oxygen atoms in total. The summed E-state index contributed by atoms with van der Waals surface area (Å²) in [4.78, 5) is 28.6. The minimum absolute atomic E-state index is 0.179. The minimum atomic E-state index is -0.366. The molecule has 1 aromatic heterocycles. The van der Waals surface area contributed by atoms with Crippen molar-refractivity contribution in [1.29, 1.82) is 0 Å². The Morgan fingerprint density at radius 2 is 2.06 bits per heavy atom. The highest BCUT2D eigenvalue weighted by atomic mass is 16.6. The van der Waals surface area contributed by atoms with Gasteiger partial charge in [-0.3, -0.25) is 9.59 Å². The van der Waals surface area contributed by atoms with Crippen molar-refractivity contribution in [3.8, 4) is 0 Å². The van der Waals surface area contributed by atoms with E-state index in [1.165, 1.54) is 14.2 Å². The Morgan fingerprint density at radius 3 is 2.71 bits per heavy atom. The van der Waals surface area contributed by atoms with Crippen LogP contribution in [0.3, 0.4) is 0 Å². The molecule has 0 unspecified atom stereocenters. The molecular weight excluding hydrogens is 220 g/mol. The van der Waals surface area contributed by atoms with Crippen molar-refractivity contribution < 1.29 is 9.63 Å². The number of rotatable bonds is 2. The van der Waals surface area contributed by atoms with Gasteiger partial charge < -0.3 is 10.2 Å². The Hall–Kier alpha value is -2.30. The van der Waals surface area contributed by atoms with Crippen LogP contribution in [-0.4, -0.2) is 24.8 Å². The van der Waals surface area contributed by atoms with Gasteiger partial charge in [0.05, 0.1) is 5.39 Å². The van der Waals surface area contributed by atoms with Crippen LogP contribution in [0.4, 0.5) is 0 Å². The second-order valence-electron chi connectivity index (χ2n) is 3.48. The van der Waals surface area contributed by atoms with Crippen LogP contribution in [0.5, 0.6) is 0 Å². The maximum Gasteiger partial charge on any atom is 0.291 e. The van der Waals surface area contributed by atoms with Gasteiger partial charge in [0.25, 0.3) is 11.5 Å². The van der Waals surface area contributed by atoms with E-state index < -0.39 is 0 Å². The van der Waals surface area contributed by atoms with Gasteiger partial charge >= 0.3 is 0 Å². The number of carbonyl (C=O) groups is 1. The van der Waals surface area contributed by atoms with Crippen LogP contribution in [0.2, 0.25) is 0 Å². The molecule has 1 heterocycles. The lowest BCUT2D eigenvalue weighted by atomic mass is 10.1. The van der Waals surface area contributed by atoms with E-state index in [1.807, 2.05) is 6.07 Å². The quantitative estimate of drug-likeness (QED) is 0.816. The molecule has 0 fully saturated rings. The average Bonchev–Trinajstić information content (AvgIpc) is 2.37. The molecule has 1 amide bonds. The summed E-state index contributed by atoms with van der Waals surface area (Å²) in [6, 6.07) is 8.68. The van der Waals surface area contributed by atoms with E-state index in [2.05, 4.69) is 5.32 Å². The van der Waals surface area contributed by atoms with Crippen molar-refractivity contribution in [1.82, 2.24) is 10.0 Å². The van der Waals surface area contributed by atoms with Crippen LogP contribution in [-0.2, 0) is 0 Å². The molecule has 0 bridgehead atoms. The summed E-state index contributed by atoms with van der Waals surface area (Å²) in [7, 11) is 2.85. The Labute approximate surface area is 97.6 Å². The summed E-state index contributed by atoms with van der Waals surface area (Å²) in [5.74, 6) is -0.366. The van der Waals surface area contributed by atoms with Crippen LogP contribution in [0.25, 0.3) is 10.8 Å². The number of nitrogens with one attached hydrogen (secondary N) is 1. The molecule has 0 radical (unpaired) electrons. The molecule has 0 aliphatic carbocycles. The summed E-state index contributed by atoms with van der Waals surface area (Å²) in [5, 5.41) is 3.70. The van der Waals surface area contributed by atoms with E-state index in [-0.39, 0.29) is 17.2 Å². The molecule has 2 aromatic rings. The number of carbonyl (C=O) groups excluding carboxylic acids is 1. The van der Waals surface area contributed by atoms with Crippen LogP contribution in [0, 0.1) is 0 Å². The van der Waals surface area contributed by atoms with Crippen molar-refractivity contribution in [2.75, 3.05) is 14.2 Å². The maximum atomic E-state index is 12.1. The second kappa shape index (κ2) is 4.29. The van der Waals surface area contributed by atoms with Crippen molar-refractivity contribution in [2.24, 2.45) is 0 Å². The van der Waals surface area contributed by atoms with E-state index in [0.29, 0.717) is 10.8 Å². The predicted octanol–water partition coefficient (Wildman–Crippen LogP) is 0.419. The Balaban J connectivity index is 2.85. The topological polar surface area (TPSA) is 60.3 Å². The fraction of sp³-hybridized carbons (Fsp3) is 0.167. The molecule has 5 heteroatoms. The molecule has 0 atom stereocenters. The summed E-state index contributed by atoms with van der Waals surface area (Å²) >= 11 is 0. The molecule has 2 rings (SSSR count). The van der Waals surface area contributed by atoms with E-state index >= 15 is 0 Å². The maximum absolute atomic E-state index is 12.1. The Bertz CT molecular complexity index is 631. The molecule has 1 N–H and O–H groups in total. The highest BCUT2D eigenvalue weighted by molar-refractivity contribution is 5.96. The molecule has 0 aliphatic heterocycles. The monoisotopic (exact) mass is 232 g/mol. The lowest BCUT2D eigenvalue weighted by molar-refractivity contribution is 0.0894. The van der Waals surface area contributed by atoms with Gasteiger partial charge in [-0.15, -0.1) is 4.73 Å². The van der Waals surface area contributed by atoms with Crippen molar-refractivity contribution in [2.45, 2.75) is 0 Å². The Kier molecular flexibility index (Phi) is 2.82. The zero-order valence-corrected chi connectivity index (χ0v) is 9.56. The summed E-state index contributed by atoms with van der Waals surface area (Å²) in [6.07, 6.45) is 0. The van der Waals surface area contributed by atoms with Crippen molar-refractivity contribution >= 4 is 16.7 Å². The first kappa shape index (κ1) is 11.2. The third-order valence-corrected chi connectivity index (χ3v) is 2.53. The molecular formula is C12H12N2O3. The van der Waals surface area contributed by atoms with E-state index in [1.54, 1.807) is 24.3 Å². The van der Waals surface area contributed by atoms with Gasteiger partial charge in [-0.25, -0.2) is 0 Å². The molecule has 17 heavy (non-hydrogen) atoms. The molecule has 0 spiro atoms. The van der Waals surface area contributed by atoms with Gasteiger partial charge in [0.2, 0.25) is 0 Å². The van der Waals surface area contributed by atoms with E-state index in [9.17, 15) is 9.59 Å². The summed E-state index contributed by atoms with van der Waals surface area (Å²) < 4.78 is 0.987. The van der Waals surface area contributed by atoms with Crippen LogP contribution in [0.1, 0.15) is 10.5 Å². The first-order valence-electron chi connectivity index (χ1n) is 5.10. The lowest BCUT2D eigenvalue weighted by Gasteiger charge is -2.10. The average molecular weight is 232 g/mol. The first-order valence-corrected chi connectivity index (χ1v) is 5.10. The largest absolute Gasteiger partial charge is 0.413 e. The fourth-order valence-corrected chi connectivity index (χ4v) is 1.71. The number of aromatic nitrogens is 1. The smallest absolute Gasteiger partial charge is 0.291 e. The van der Waals surface area contributed by atoms with Gasteiger partial charge in [0, 0.05) is 7.05 Å². The Morgan fingerprint density at radius 1 is 1.35 bits per heavy atom. The summed E-state index contributed by atoms with van der Waals surface area (Å²) in [5.41, 5.74) is -0.164. The number of nitrogens with zero attached hydrogens (tertiary/aromatic N) is 1. The fourth-order valence-electron chi connectivity index (χ4n) is 1.71. The predicted molar refractivity (Wildman–Crippen MR) is 64.1 cm³/mol. The second-order valence-corrected chi connectivity index (χ2v) is 3.48. The SMILES string of the molecule is CNC(=O)c1cc2ccccc2c(=O)n1OC. The highest BCUT2D eigenvalue weighted by Crippen LogP contribution is 2.11. The molecule has 0 aliphatic rings. The van der Waals surface area contributed by atoms with Gasteiger partial charge in [-0.05, 0) is 17.5 Å². The number of fused-ring (bicyclic) bond motifs is 1. The van der Waals surface area contributed by atoms with Crippen LogP contribution in [0.15, 0.2) is 35.1 Å². The van der Waals surface area contributed by atoms with Crippen molar-refractivity contribution in [3.05, 3.63) is 46.4 Å².